The zero-order valence-corrected chi connectivity index (χ0v) is 14.1. The van der Waals surface area contributed by atoms with E-state index in [-0.39, 0.29) is 42.4 Å². The topological polar surface area (TPSA) is 86.7 Å². The number of nitrogens with zero attached hydrogens (tertiary/aromatic N) is 1. The third-order valence-corrected chi connectivity index (χ3v) is 5.12. The van der Waals surface area contributed by atoms with E-state index >= 15 is 0 Å². The van der Waals surface area contributed by atoms with E-state index in [1.54, 1.807) is 0 Å². The molecule has 0 bridgehead atoms. The van der Waals surface area contributed by atoms with E-state index in [1.165, 1.54) is 11.0 Å². The normalized spacial score (nSPS) is 26.0. The van der Waals surface area contributed by atoms with Crippen LogP contribution in [0.1, 0.15) is 32.1 Å². The number of amides is 2. The fourth-order valence-corrected chi connectivity index (χ4v) is 3.62. The number of carbonyl (C=O) groups is 3. The molecule has 3 rings (SSSR count). The predicted molar refractivity (Wildman–Crippen MR) is 88.3 cm³/mol. The number of halogens is 2. The Bertz CT molecular complexity index is 732. The summed E-state index contributed by atoms with van der Waals surface area (Å²) in [5.74, 6) is -4.03. The third-order valence-electron chi connectivity index (χ3n) is 5.12. The van der Waals surface area contributed by atoms with Crippen molar-refractivity contribution in [3.8, 4) is 0 Å². The van der Waals surface area contributed by atoms with E-state index in [0.717, 1.165) is 6.07 Å². The van der Waals surface area contributed by atoms with E-state index in [2.05, 4.69) is 5.32 Å². The Morgan fingerprint density at radius 2 is 1.81 bits per heavy atom. The molecule has 1 aliphatic carbocycles. The number of rotatable bonds is 4. The average Bonchev–Trinajstić information content (AvgIpc) is 2.97. The highest BCUT2D eigenvalue weighted by Gasteiger charge is 2.37. The smallest absolute Gasteiger partial charge is 0.306 e. The Morgan fingerprint density at radius 1 is 1.12 bits per heavy atom. The Morgan fingerprint density at radius 3 is 2.42 bits per heavy atom. The van der Waals surface area contributed by atoms with E-state index in [0.29, 0.717) is 31.7 Å². The molecule has 0 aromatic heterocycles. The van der Waals surface area contributed by atoms with Crippen molar-refractivity contribution < 1.29 is 28.3 Å². The molecule has 1 aromatic carbocycles. The van der Waals surface area contributed by atoms with Crippen molar-refractivity contribution in [2.75, 3.05) is 11.4 Å². The second-order valence-corrected chi connectivity index (χ2v) is 6.90. The lowest BCUT2D eigenvalue weighted by atomic mass is 9.86. The summed E-state index contributed by atoms with van der Waals surface area (Å²) in [7, 11) is 0. The molecule has 26 heavy (non-hydrogen) atoms. The first kappa shape index (κ1) is 18.3. The van der Waals surface area contributed by atoms with Crippen molar-refractivity contribution in [1.82, 2.24) is 5.32 Å². The molecule has 1 aromatic rings. The van der Waals surface area contributed by atoms with E-state index in [4.69, 9.17) is 5.11 Å². The number of benzene rings is 1. The molecule has 0 spiro atoms. The molecule has 2 N–H and O–H groups in total. The minimum Gasteiger partial charge on any atom is -0.481 e. The van der Waals surface area contributed by atoms with Crippen LogP contribution in [0.2, 0.25) is 0 Å². The number of hydrogen-bond donors (Lipinski definition) is 2. The fraction of sp³-hybridized carbons (Fsp3) is 0.500. The van der Waals surface area contributed by atoms with Crippen LogP contribution in [-0.4, -0.2) is 35.5 Å². The van der Waals surface area contributed by atoms with Crippen molar-refractivity contribution in [1.29, 1.82) is 0 Å². The second kappa shape index (κ2) is 7.39. The zero-order valence-electron chi connectivity index (χ0n) is 14.1. The molecule has 0 radical (unpaired) electrons. The SMILES string of the molecule is O=C(O)C1CCC(NC(=O)C2CC(=O)N(c3ccc(F)cc3F)C2)CC1. The number of hydrogen-bond acceptors (Lipinski definition) is 3. The van der Waals surface area contributed by atoms with Crippen LogP contribution in [0.25, 0.3) is 0 Å². The van der Waals surface area contributed by atoms with Gasteiger partial charge in [-0.2, -0.15) is 0 Å². The van der Waals surface area contributed by atoms with Gasteiger partial charge in [-0.1, -0.05) is 0 Å². The molecule has 2 aliphatic rings. The molecule has 1 saturated carbocycles. The van der Waals surface area contributed by atoms with Crippen LogP contribution < -0.4 is 10.2 Å². The molecule has 140 valence electrons. The summed E-state index contributed by atoms with van der Waals surface area (Å²) in [6, 6.07) is 2.86. The molecule has 1 heterocycles. The molecular weight excluding hydrogens is 346 g/mol. The van der Waals surface area contributed by atoms with Gasteiger partial charge in [0.1, 0.15) is 11.6 Å². The number of carbonyl (C=O) groups excluding carboxylic acids is 2. The van der Waals surface area contributed by atoms with Gasteiger partial charge in [-0.15, -0.1) is 0 Å². The highest BCUT2D eigenvalue weighted by atomic mass is 19.1. The summed E-state index contributed by atoms with van der Waals surface area (Å²) in [4.78, 5) is 36.7. The minimum absolute atomic E-state index is 0.0336. The monoisotopic (exact) mass is 366 g/mol. The first-order valence-corrected chi connectivity index (χ1v) is 8.63. The van der Waals surface area contributed by atoms with Gasteiger partial charge in [-0.05, 0) is 37.8 Å². The van der Waals surface area contributed by atoms with Crippen molar-refractivity contribution in [2.24, 2.45) is 11.8 Å². The number of nitrogens with one attached hydrogen (secondary N) is 1. The Kier molecular flexibility index (Phi) is 5.20. The standard InChI is InChI=1S/C18H20F2N2O4/c19-12-3-6-15(14(20)8-12)22-9-11(7-16(22)23)17(24)21-13-4-1-10(2-5-13)18(25)26/h3,6,8,10-11,13H,1-2,4-5,7,9H2,(H,21,24)(H,25,26). The quantitative estimate of drug-likeness (QED) is 0.854. The van der Waals surface area contributed by atoms with Crippen molar-refractivity contribution in [3.05, 3.63) is 29.8 Å². The predicted octanol–water partition coefficient (Wildman–Crippen LogP) is 2.08. The summed E-state index contributed by atoms with van der Waals surface area (Å²) in [5.41, 5.74) is -0.0336. The highest BCUT2D eigenvalue weighted by Crippen LogP contribution is 2.29. The van der Waals surface area contributed by atoms with Crippen LogP contribution in [-0.2, 0) is 14.4 Å². The Hall–Kier alpha value is -2.51. The summed E-state index contributed by atoms with van der Waals surface area (Å²) in [6.45, 7) is 0.0394. The number of carboxylic acids is 1. The first-order valence-electron chi connectivity index (χ1n) is 8.63. The largest absolute Gasteiger partial charge is 0.481 e. The third kappa shape index (κ3) is 3.84. The van der Waals surface area contributed by atoms with E-state index in [1.807, 2.05) is 0 Å². The molecule has 6 nitrogen and oxygen atoms in total. The maximum absolute atomic E-state index is 13.9. The lowest BCUT2D eigenvalue weighted by Gasteiger charge is -2.27. The molecule has 2 fully saturated rings. The Balaban J connectivity index is 1.58. The number of carboxylic acid groups (broad SMARTS) is 1. The second-order valence-electron chi connectivity index (χ2n) is 6.90. The van der Waals surface area contributed by atoms with Gasteiger partial charge in [0.2, 0.25) is 11.8 Å². The summed E-state index contributed by atoms with van der Waals surface area (Å²) < 4.78 is 26.9. The summed E-state index contributed by atoms with van der Waals surface area (Å²) in [6.07, 6.45) is 2.15. The van der Waals surface area contributed by atoms with Gasteiger partial charge in [0.05, 0.1) is 17.5 Å². The maximum atomic E-state index is 13.9. The van der Waals surface area contributed by atoms with Crippen molar-refractivity contribution in [3.63, 3.8) is 0 Å². The van der Waals surface area contributed by atoms with Crippen molar-refractivity contribution in [2.45, 2.75) is 38.1 Å². The number of aliphatic carboxylic acids is 1. The van der Waals surface area contributed by atoms with Crippen LogP contribution in [0.4, 0.5) is 14.5 Å². The van der Waals surface area contributed by atoms with Crippen LogP contribution in [0.15, 0.2) is 18.2 Å². The molecule has 1 aliphatic heterocycles. The molecular formula is C18H20F2N2O4. The summed E-state index contributed by atoms with van der Waals surface area (Å²) in [5, 5.41) is 11.9. The zero-order chi connectivity index (χ0) is 18.8. The number of anilines is 1. The molecule has 1 atom stereocenters. The van der Waals surface area contributed by atoms with Gasteiger partial charge in [-0.3, -0.25) is 14.4 Å². The molecule has 1 unspecified atom stereocenters. The van der Waals surface area contributed by atoms with Crippen LogP contribution in [0.5, 0.6) is 0 Å². The highest BCUT2D eigenvalue weighted by molar-refractivity contribution is 6.00. The van der Waals surface area contributed by atoms with Gasteiger partial charge < -0.3 is 15.3 Å². The van der Waals surface area contributed by atoms with Crippen LogP contribution in [0.3, 0.4) is 0 Å². The van der Waals surface area contributed by atoms with E-state index in [9.17, 15) is 23.2 Å². The average molecular weight is 366 g/mol. The van der Waals surface area contributed by atoms with Gasteiger partial charge in [0, 0.05) is 25.1 Å². The van der Waals surface area contributed by atoms with Crippen molar-refractivity contribution >= 4 is 23.5 Å². The van der Waals surface area contributed by atoms with Crippen LogP contribution in [0, 0.1) is 23.5 Å². The van der Waals surface area contributed by atoms with Gasteiger partial charge in [0.15, 0.2) is 0 Å². The molecule has 8 heteroatoms. The fourth-order valence-electron chi connectivity index (χ4n) is 3.62. The Labute approximate surface area is 149 Å². The minimum atomic E-state index is -0.841. The first-order chi connectivity index (χ1) is 12.3. The molecule has 2 amide bonds. The van der Waals surface area contributed by atoms with Gasteiger partial charge in [-0.25, -0.2) is 8.78 Å². The lowest BCUT2D eigenvalue weighted by Crippen LogP contribution is -2.42. The lowest BCUT2D eigenvalue weighted by molar-refractivity contribution is -0.142. The summed E-state index contributed by atoms with van der Waals surface area (Å²) >= 11 is 0. The maximum Gasteiger partial charge on any atom is 0.306 e. The van der Waals surface area contributed by atoms with E-state index < -0.39 is 23.5 Å². The molecule has 1 saturated heterocycles. The van der Waals surface area contributed by atoms with Gasteiger partial charge in [0.25, 0.3) is 0 Å². The van der Waals surface area contributed by atoms with Gasteiger partial charge >= 0.3 is 5.97 Å². The van der Waals surface area contributed by atoms with Crippen LogP contribution >= 0.6 is 0 Å².